The molecule has 0 unspecified atom stereocenters. The van der Waals surface area contributed by atoms with Crippen LogP contribution in [-0.2, 0) is 14.8 Å². The van der Waals surface area contributed by atoms with Gasteiger partial charge in [-0.1, -0.05) is 15.9 Å². The number of alkyl halides is 3. The number of hydrogen-bond acceptors (Lipinski definition) is 5. The number of benzene rings is 1. The van der Waals surface area contributed by atoms with E-state index >= 15 is 0 Å². The van der Waals surface area contributed by atoms with Gasteiger partial charge in [0, 0.05) is 16.6 Å². The molecule has 0 aliphatic heterocycles. The zero-order chi connectivity index (χ0) is 22.7. The van der Waals surface area contributed by atoms with Gasteiger partial charge in [0.1, 0.15) is 10.5 Å². The third kappa shape index (κ3) is 7.95. The number of nitrogens with one attached hydrogen (secondary N) is 2. The first-order chi connectivity index (χ1) is 13.6. The highest BCUT2D eigenvalue weighted by atomic mass is 79.9. The molecule has 1 aliphatic carbocycles. The summed E-state index contributed by atoms with van der Waals surface area (Å²) in [6.07, 6.45) is -3.76. The molecule has 0 heterocycles. The average Bonchev–Trinajstić information content (AvgIpc) is 2.53. The molecule has 0 radical (unpaired) electrons. The number of sulfonamides is 1. The summed E-state index contributed by atoms with van der Waals surface area (Å²) in [5.74, 6) is -0.815. The summed E-state index contributed by atoms with van der Waals surface area (Å²) >= 11 is 3.01. The molecule has 170 valence electrons. The fraction of sp³-hybridized carbons (Fsp3) is 0.611. The molecular formula is C18H24BrF3N2O5S. The summed E-state index contributed by atoms with van der Waals surface area (Å²) in [6.45, 7) is 5.24. The number of carbonyl (C=O) groups is 1. The van der Waals surface area contributed by atoms with Crippen molar-refractivity contribution in [1.82, 2.24) is 10.0 Å². The van der Waals surface area contributed by atoms with Crippen molar-refractivity contribution in [2.24, 2.45) is 0 Å². The Bertz CT molecular complexity index is 864. The Kier molecular flexibility index (Phi) is 7.68. The Balaban J connectivity index is 2.00. The first-order valence-corrected chi connectivity index (χ1v) is 11.5. The maximum absolute atomic E-state index is 12.7. The van der Waals surface area contributed by atoms with Crippen LogP contribution in [0.5, 0.6) is 5.75 Å². The van der Waals surface area contributed by atoms with Gasteiger partial charge in [-0.15, -0.1) is 13.2 Å². The number of hydrogen-bond donors (Lipinski definition) is 2. The van der Waals surface area contributed by atoms with E-state index in [9.17, 15) is 26.4 Å². The summed E-state index contributed by atoms with van der Waals surface area (Å²) in [7, 11) is -4.25. The molecular weight excluding hydrogens is 493 g/mol. The first kappa shape index (κ1) is 24.7. The summed E-state index contributed by atoms with van der Waals surface area (Å²) in [5, 5.41) is 2.74. The van der Waals surface area contributed by atoms with Gasteiger partial charge in [0.15, 0.2) is 5.75 Å². The van der Waals surface area contributed by atoms with Crippen molar-refractivity contribution in [1.29, 1.82) is 0 Å². The Morgan fingerprint density at radius 1 is 1.10 bits per heavy atom. The predicted molar refractivity (Wildman–Crippen MR) is 107 cm³/mol. The van der Waals surface area contributed by atoms with Crippen LogP contribution in [0.4, 0.5) is 18.0 Å². The summed E-state index contributed by atoms with van der Waals surface area (Å²) in [6, 6.07) is 2.67. The van der Waals surface area contributed by atoms with E-state index < -0.39 is 44.8 Å². The molecule has 30 heavy (non-hydrogen) atoms. The van der Waals surface area contributed by atoms with Crippen LogP contribution in [0.25, 0.3) is 0 Å². The lowest BCUT2D eigenvalue weighted by molar-refractivity contribution is -0.275. The Labute approximate surface area is 181 Å². The fourth-order valence-corrected chi connectivity index (χ4v) is 4.78. The van der Waals surface area contributed by atoms with Crippen molar-refractivity contribution in [3.8, 4) is 5.75 Å². The number of ether oxygens (including phenoxy) is 2. The van der Waals surface area contributed by atoms with E-state index in [1.165, 1.54) is 6.07 Å². The third-order valence-electron chi connectivity index (χ3n) is 4.19. The van der Waals surface area contributed by atoms with Crippen LogP contribution in [0, 0.1) is 0 Å². The van der Waals surface area contributed by atoms with Gasteiger partial charge >= 0.3 is 12.5 Å². The largest absolute Gasteiger partial charge is 0.573 e. The molecule has 0 saturated heterocycles. The maximum atomic E-state index is 12.7. The molecule has 1 amide bonds. The second-order valence-electron chi connectivity index (χ2n) is 7.95. The van der Waals surface area contributed by atoms with Crippen molar-refractivity contribution in [2.75, 3.05) is 0 Å². The molecule has 2 N–H and O–H groups in total. The van der Waals surface area contributed by atoms with Crippen LogP contribution in [0.1, 0.15) is 46.5 Å². The fourth-order valence-electron chi connectivity index (χ4n) is 3.02. The van der Waals surface area contributed by atoms with Crippen molar-refractivity contribution in [3.63, 3.8) is 0 Å². The van der Waals surface area contributed by atoms with Crippen LogP contribution < -0.4 is 14.8 Å². The molecule has 0 bridgehead atoms. The molecule has 1 aromatic rings. The number of carbonyl (C=O) groups excluding carboxylic acids is 1. The zero-order valence-corrected chi connectivity index (χ0v) is 19.1. The molecule has 0 atom stereocenters. The minimum absolute atomic E-state index is 0.169. The molecule has 7 nitrogen and oxygen atoms in total. The van der Waals surface area contributed by atoms with E-state index in [1.807, 2.05) is 0 Å². The van der Waals surface area contributed by atoms with Gasteiger partial charge in [0.05, 0.1) is 0 Å². The molecule has 1 aromatic carbocycles. The van der Waals surface area contributed by atoms with E-state index in [2.05, 4.69) is 30.7 Å². The molecule has 0 spiro atoms. The van der Waals surface area contributed by atoms with Gasteiger partial charge in [-0.3, -0.25) is 0 Å². The highest BCUT2D eigenvalue weighted by molar-refractivity contribution is 9.10. The van der Waals surface area contributed by atoms with E-state index in [1.54, 1.807) is 20.8 Å². The first-order valence-electron chi connectivity index (χ1n) is 9.22. The molecule has 0 aromatic heterocycles. The number of halogens is 4. The van der Waals surface area contributed by atoms with Crippen LogP contribution in [-0.4, -0.2) is 38.6 Å². The van der Waals surface area contributed by atoms with Crippen LogP contribution >= 0.6 is 15.9 Å². The monoisotopic (exact) mass is 516 g/mol. The quantitative estimate of drug-likeness (QED) is 0.602. The van der Waals surface area contributed by atoms with Gasteiger partial charge in [0.2, 0.25) is 10.0 Å². The molecule has 1 saturated carbocycles. The van der Waals surface area contributed by atoms with Gasteiger partial charge < -0.3 is 14.8 Å². The average molecular weight is 517 g/mol. The van der Waals surface area contributed by atoms with Crippen LogP contribution in [0.2, 0.25) is 0 Å². The SMILES string of the molecule is CC(C)(C)OC(=O)N[C@H]1CC[C@H](NS(=O)(=O)c2ccc(Br)cc2OC(F)(F)F)CC1. The minimum atomic E-state index is -5.03. The molecule has 2 rings (SSSR count). The van der Waals surface area contributed by atoms with E-state index in [0.29, 0.717) is 25.7 Å². The Morgan fingerprint density at radius 2 is 1.67 bits per heavy atom. The Morgan fingerprint density at radius 3 is 2.20 bits per heavy atom. The van der Waals surface area contributed by atoms with Gasteiger partial charge in [-0.05, 0) is 64.7 Å². The Hall–Kier alpha value is -1.53. The minimum Gasteiger partial charge on any atom is -0.444 e. The smallest absolute Gasteiger partial charge is 0.444 e. The second kappa shape index (κ2) is 9.31. The van der Waals surface area contributed by atoms with Gasteiger partial charge in [-0.2, -0.15) is 0 Å². The number of rotatable bonds is 5. The van der Waals surface area contributed by atoms with Crippen molar-refractivity contribution in [3.05, 3.63) is 22.7 Å². The normalized spacial score (nSPS) is 20.5. The standard InChI is InChI=1S/C18H24BrF3N2O5S/c1-17(2,3)29-16(25)23-12-5-7-13(8-6-12)24-30(26,27)15-9-4-11(19)10-14(15)28-18(20,21)22/h4,9-10,12-13,24H,5-8H2,1-3H3,(H,23,25)/t12-,13-. The number of alkyl carbamates (subject to hydrolysis) is 1. The zero-order valence-electron chi connectivity index (χ0n) is 16.7. The summed E-state index contributed by atoms with van der Waals surface area (Å²) in [4.78, 5) is 11.2. The topological polar surface area (TPSA) is 93.7 Å². The lowest BCUT2D eigenvalue weighted by Gasteiger charge is -2.30. The lowest BCUT2D eigenvalue weighted by atomic mass is 9.92. The predicted octanol–water partition coefficient (Wildman–Crippen LogP) is 4.46. The molecule has 12 heteroatoms. The van der Waals surface area contributed by atoms with Crippen molar-refractivity contribution >= 4 is 32.0 Å². The van der Waals surface area contributed by atoms with Crippen molar-refractivity contribution in [2.45, 2.75) is 75.4 Å². The lowest BCUT2D eigenvalue weighted by Crippen LogP contribution is -2.45. The molecule has 1 fully saturated rings. The highest BCUT2D eigenvalue weighted by Crippen LogP contribution is 2.33. The summed E-state index contributed by atoms with van der Waals surface area (Å²) < 4.78 is 75.1. The maximum Gasteiger partial charge on any atom is 0.573 e. The van der Waals surface area contributed by atoms with E-state index in [-0.39, 0.29) is 10.5 Å². The van der Waals surface area contributed by atoms with E-state index in [0.717, 1.165) is 12.1 Å². The van der Waals surface area contributed by atoms with Gasteiger partial charge in [0.25, 0.3) is 0 Å². The van der Waals surface area contributed by atoms with Crippen LogP contribution in [0.3, 0.4) is 0 Å². The highest BCUT2D eigenvalue weighted by Gasteiger charge is 2.35. The third-order valence-corrected chi connectivity index (χ3v) is 6.24. The summed E-state index contributed by atoms with van der Waals surface area (Å²) in [5.41, 5.74) is -0.627. The second-order valence-corrected chi connectivity index (χ2v) is 10.6. The van der Waals surface area contributed by atoms with Crippen LogP contribution in [0.15, 0.2) is 27.6 Å². The number of amides is 1. The van der Waals surface area contributed by atoms with Crippen molar-refractivity contribution < 1.29 is 35.9 Å². The van der Waals surface area contributed by atoms with E-state index in [4.69, 9.17) is 4.74 Å². The van der Waals surface area contributed by atoms with Gasteiger partial charge in [-0.25, -0.2) is 17.9 Å². The molecule has 1 aliphatic rings.